The molecule has 0 spiro atoms. The van der Waals surface area contributed by atoms with Crippen LogP contribution in [-0.4, -0.2) is 71.3 Å². The molecular formula is C23H32BN5O5. The number of aliphatic hydroxyl groups is 1. The molecule has 11 heteroatoms. The lowest BCUT2D eigenvalue weighted by Gasteiger charge is -2.37. The number of benzene rings is 1. The van der Waals surface area contributed by atoms with Crippen molar-refractivity contribution in [2.45, 2.75) is 44.2 Å². The fourth-order valence-electron chi connectivity index (χ4n) is 3.65. The summed E-state index contributed by atoms with van der Waals surface area (Å²) in [7, 11) is -0.720. The standard InChI is InChI=1S/C23H32BN5O5/c1-16(2)10-20(24-33-14-23(25,13-30)15-34-24)29-21(31)18(11-17-6-4-3-5-7-17)28-22(32)19-12-26-8-9-27-19/h3-9,12,16,18,20,30H,10-11,13-15,25H2,1-2H3,(H,28,32)(H,29,31). The molecule has 2 heterocycles. The van der Waals surface area contributed by atoms with E-state index in [0.717, 1.165) is 5.56 Å². The second kappa shape index (κ2) is 12.0. The topological polar surface area (TPSA) is 149 Å². The summed E-state index contributed by atoms with van der Waals surface area (Å²) in [6.45, 7) is 4.00. The molecule has 2 unspecified atom stereocenters. The minimum absolute atomic E-state index is 0.107. The SMILES string of the molecule is CC(C)CC(NC(=O)C(Cc1ccccc1)NC(=O)c1cnccn1)B1OCC(N)(CO)CO1. The molecule has 2 aromatic rings. The van der Waals surface area contributed by atoms with Gasteiger partial charge in [0.05, 0.1) is 37.5 Å². The Hall–Kier alpha value is -2.86. The fourth-order valence-corrected chi connectivity index (χ4v) is 3.65. The van der Waals surface area contributed by atoms with Crippen LogP contribution >= 0.6 is 0 Å². The lowest BCUT2D eigenvalue weighted by molar-refractivity contribution is -0.123. The zero-order valence-electron chi connectivity index (χ0n) is 19.5. The average Bonchev–Trinajstić information content (AvgIpc) is 2.84. The maximum absolute atomic E-state index is 13.4. The molecule has 1 fully saturated rings. The number of rotatable bonds is 10. The van der Waals surface area contributed by atoms with Crippen LogP contribution < -0.4 is 16.4 Å². The monoisotopic (exact) mass is 469 g/mol. The van der Waals surface area contributed by atoms with Gasteiger partial charge in [-0.15, -0.1) is 0 Å². The number of amides is 2. The molecule has 0 radical (unpaired) electrons. The molecule has 0 bridgehead atoms. The summed E-state index contributed by atoms with van der Waals surface area (Å²) in [6.07, 6.45) is 5.11. The Balaban J connectivity index is 1.75. The van der Waals surface area contributed by atoms with Gasteiger partial charge in [-0.2, -0.15) is 0 Å². The van der Waals surface area contributed by atoms with E-state index in [1.807, 2.05) is 44.2 Å². The van der Waals surface area contributed by atoms with E-state index >= 15 is 0 Å². The smallest absolute Gasteiger partial charge is 0.408 e. The lowest BCUT2D eigenvalue weighted by Crippen LogP contribution is -2.63. The van der Waals surface area contributed by atoms with E-state index in [9.17, 15) is 14.7 Å². The van der Waals surface area contributed by atoms with E-state index in [4.69, 9.17) is 15.0 Å². The molecule has 3 rings (SSSR count). The Kier molecular flexibility index (Phi) is 9.11. The van der Waals surface area contributed by atoms with Crippen molar-refractivity contribution < 1.29 is 24.0 Å². The summed E-state index contributed by atoms with van der Waals surface area (Å²) >= 11 is 0. The van der Waals surface area contributed by atoms with E-state index in [-0.39, 0.29) is 43.8 Å². The van der Waals surface area contributed by atoms with Crippen molar-refractivity contribution in [3.8, 4) is 0 Å². The van der Waals surface area contributed by atoms with Gasteiger partial charge in [0.2, 0.25) is 5.91 Å². The molecule has 10 nitrogen and oxygen atoms in total. The van der Waals surface area contributed by atoms with Crippen molar-refractivity contribution >= 4 is 18.9 Å². The molecule has 1 aromatic carbocycles. The quantitative estimate of drug-likeness (QED) is 0.359. The fraction of sp³-hybridized carbons (Fsp3) is 0.478. The molecule has 1 saturated heterocycles. The zero-order chi connectivity index (χ0) is 24.6. The third-order valence-electron chi connectivity index (χ3n) is 5.47. The summed E-state index contributed by atoms with van der Waals surface area (Å²) < 4.78 is 11.5. The van der Waals surface area contributed by atoms with Crippen LogP contribution in [0.4, 0.5) is 0 Å². The molecule has 1 aromatic heterocycles. The third kappa shape index (κ3) is 7.32. The first-order chi connectivity index (χ1) is 16.3. The first-order valence-corrected chi connectivity index (χ1v) is 11.3. The van der Waals surface area contributed by atoms with Crippen LogP contribution in [0.2, 0.25) is 0 Å². The Morgan fingerprint density at radius 3 is 2.47 bits per heavy atom. The Labute approximate surface area is 199 Å². The molecule has 2 atom stereocenters. The Morgan fingerprint density at radius 2 is 1.88 bits per heavy atom. The Bertz CT molecular complexity index is 926. The van der Waals surface area contributed by atoms with Gasteiger partial charge in [0.1, 0.15) is 11.7 Å². The van der Waals surface area contributed by atoms with Gasteiger partial charge in [-0.25, -0.2) is 4.98 Å². The number of hydrogen-bond donors (Lipinski definition) is 4. The van der Waals surface area contributed by atoms with Crippen molar-refractivity contribution in [1.29, 1.82) is 0 Å². The second-order valence-corrected chi connectivity index (χ2v) is 9.06. The second-order valence-electron chi connectivity index (χ2n) is 9.06. The molecule has 34 heavy (non-hydrogen) atoms. The van der Waals surface area contributed by atoms with Gasteiger partial charge in [-0.1, -0.05) is 44.2 Å². The van der Waals surface area contributed by atoms with Gasteiger partial charge >= 0.3 is 7.12 Å². The van der Waals surface area contributed by atoms with Crippen LogP contribution in [0.3, 0.4) is 0 Å². The normalized spacial score (nSPS) is 17.1. The summed E-state index contributed by atoms with van der Waals surface area (Å²) in [5, 5.41) is 15.2. The van der Waals surface area contributed by atoms with Crippen LogP contribution in [0.15, 0.2) is 48.9 Å². The highest BCUT2D eigenvalue weighted by Gasteiger charge is 2.41. The zero-order valence-corrected chi connectivity index (χ0v) is 19.5. The van der Waals surface area contributed by atoms with Gasteiger partial charge in [-0.3, -0.25) is 14.6 Å². The predicted molar refractivity (Wildman–Crippen MR) is 126 cm³/mol. The largest absolute Gasteiger partial charge is 0.481 e. The molecule has 5 N–H and O–H groups in total. The van der Waals surface area contributed by atoms with Gasteiger partial charge in [0.25, 0.3) is 5.91 Å². The molecule has 0 aliphatic carbocycles. The molecule has 182 valence electrons. The van der Waals surface area contributed by atoms with Crippen molar-refractivity contribution in [2.24, 2.45) is 11.7 Å². The van der Waals surface area contributed by atoms with E-state index < -0.39 is 30.5 Å². The maximum atomic E-state index is 13.4. The molecule has 1 aliphatic rings. The van der Waals surface area contributed by atoms with E-state index in [1.54, 1.807) is 0 Å². The average molecular weight is 469 g/mol. The molecular weight excluding hydrogens is 437 g/mol. The van der Waals surface area contributed by atoms with Crippen molar-refractivity contribution in [3.05, 3.63) is 60.2 Å². The number of carbonyl (C=O) groups is 2. The van der Waals surface area contributed by atoms with Crippen LogP contribution in [0.25, 0.3) is 0 Å². The summed E-state index contributed by atoms with van der Waals surface area (Å²) in [4.78, 5) is 34.1. The minimum Gasteiger partial charge on any atom is -0.408 e. The van der Waals surface area contributed by atoms with Gasteiger partial charge in [0, 0.05) is 18.8 Å². The van der Waals surface area contributed by atoms with Crippen LogP contribution in [0.1, 0.15) is 36.3 Å². The number of aromatic nitrogens is 2. The van der Waals surface area contributed by atoms with Crippen LogP contribution in [0.5, 0.6) is 0 Å². The van der Waals surface area contributed by atoms with Crippen LogP contribution in [-0.2, 0) is 20.5 Å². The van der Waals surface area contributed by atoms with Crippen molar-refractivity contribution in [3.63, 3.8) is 0 Å². The highest BCUT2D eigenvalue weighted by molar-refractivity contribution is 6.47. The first-order valence-electron chi connectivity index (χ1n) is 11.3. The van der Waals surface area contributed by atoms with E-state index in [2.05, 4.69) is 20.6 Å². The van der Waals surface area contributed by atoms with Gasteiger partial charge in [-0.05, 0) is 17.9 Å². The number of aliphatic hydroxyl groups excluding tert-OH is 1. The van der Waals surface area contributed by atoms with Crippen LogP contribution in [0, 0.1) is 5.92 Å². The van der Waals surface area contributed by atoms with E-state index in [0.29, 0.717) is 6.42 Å². The summed E-state index contributed by atoms with van der Waals surface area (Å²) in [5.41, 5.74) is 6.06. The lowest BCUT2D eigenvalue weighted by atomic mass is 9.72. The molecule has 1 aliphatic heterocycles. The molecule has 0 saturated carbocycles. The maximum Gasteiger partial charge on any atom is 0.481 e. The third-order valence-corrected chi connectivity index (χ3v) is 5.47. The van der Waals surface area contributed by atoms with Crippen molar-refractivity contribution in [1.82, 2.24) is 20.6 Å². The minimum atomic E-state index is -0.969. The predicted octanol–water partition coefficient (Wildman–Crippen LogP) is 0.113. The molecule has 2 amide bonds. The summed E-state index contributed by atoms with van der Waals surface area (Å²) in [6, 6.07) is 8.56. The number of nitrogens with two attached hydrogens (primary N) is 1. The van der Waals surface area contributed by atoms with E-state index in [1.165, 1.54) is 18.6 Å². The summed E-state index contributed by atoms with van der Waals surface area (Å²) in [5.74, 6) is -1.10. The number of nitrogens with zero attached hydrogens (tertiary/aromatic N) is 2. The highest BCUT2D eigenvalue weighted by Crippen LogP contribution is 2.17. The highest BCUT2D eigenvalue weighted by atomic mass is 16.6. The Morgan fingerprint density at radius 1 is 1.18 bits per heavy atom. The number of carbonyl (C=O) groups excluding carboxylic acids is 2. The van der Waals surface area contributed by atoms with Gasteiger partial charge < -0.3 is 30.8 Å². The van der Waals surface area contributed by atoms with Gasteiger partial charge in [0.15, 0.2) is 0 Å². The first kappa shape index (κ1) is 25.8. The number of nitrogens with one attached hydrogen (secondary N) is 2. The number of hydrogen-bond acceptors (Lipinski definition) is 8. The van der Waals surface area contributed by atoms with Crippen molar-refractivity contribution in [2.75, 3.05) is 19.8 Å².